The average molecular weight is 359 g/mol. The third-order valence-electron chi connectivity index (χ3n) is 3.44. The van der Waals surface area contributed by atoms with Crippen LogP contribution in [0.5, 0.6) is 0 Å². The van der Waals surface area contributed by atoms with Crippen LogP contribution >= 0.6 is 15.9 Å². The van der Waals surface area contributed by atoms with Crippen molar-refractivity contribution in [3.8, 4) is 5.69 Å². The van der Waals surface area contributed by atoms with Crippen LogP contribution in [0.2, 0.25) is 0 Å². The molecule has 0 aliphatic heterocycles. The summed E-state index contributed by atoms with van der Waals surface area (Å²) in [6, 6.07) is 15.3. The van der Waals surface area contributed by atoms with Crippen molar-refractivity contribution >= 4 is 21.8 Å². The van der Waals surface area contributed by atoms with Gasteiger partial charge in [-0.1, -0.05) is 12.1 Å². The quantitative estimate of drug-likeness (QED) is 0.754. The normalized spacial score (nSPS) is 12.1. The Kier molecular flexibility index (Phi) is 4.15. The van der Waals surface area contributed by atoms with Crippen LogP contribution in [0.3, 0.4) is 0 Å². The van der Waals surface area contributed by atoms with E-state index in [-0.39, 0.29) is 11.9 Å². The number of halogens is 1. The molecule has 0 spiro atoms. The number of aromatic nitrogens is 1. The molecule has 0 fully saturated rings. The number of nitrogens with zero attached hydrogens (tertiary/aromatic N) is 1. The number of carbonyl (C=O) groups is 1. The first kappa shape index (κ1) is 14.7. The Labute approximate surface area is 136 Å². The maximum absolute atomic E-state index is 12.1. The van der Waals surface area contributed by atoms with Gasteiger partial charge < -0.3 is 14.3 Å². The minimum atomic E-state index is -0.229. The van der Waals surface area contributed by atoms with Crippen molar-refractivity contribution in [1.82, 2.24) is 9.88 Å². The fraction of sp³-hybridized carbons (Fsp3) is 0.118. The molecule has 1 amide bonds. The second-order valence-electron chi connectivity index (χ2n) is 4.98. The number of hydrogen-bond acceptors (Lipinski definition) is 2. The number of nitrogens with one attached hydrogen (secondary N) is 1. The van der Waals surface area contributed by atoms with E-state index < -0.39 is 0 Å². The minimum absolute atomic E-state index is 0.102. The van der Waals surface area contributed by atoms with Crippen molar-refractivity contribution in [1.29, 1.82) is 0 Å². The van der Waals surface area contributed by atoms with E-state index in [0.717, 1.165) is 11.3 Å². The van der Waals surface area contributed by atoms with Gasteiger partial charge in [0.05, 0.1) is 6.04 Å². The fourth-order valence-electron chi connectivity index (χ4n) is 2.23. The van der Waals surface area contributed by atoms with Crippen molar-refractivity contribution in [3.63, 3.8) is 0 Å². The van der Waals surface area contributed by atoms with Gasteiger partial charge in [0.2, 0.25) is 0 Å². The van der Waals surface area contributed by atoms with Gasteiger partial charge in [0.1, 0.15) is 0 Å². The lowest BCUT2D eigenvalue weighted by Crippen LogP contribution is -2.26. The average Bonchev–Trinajstić information content (AvgIpc) is 3.18. The summed E-state index contributed by atoms with van der Waals surface area (Å²) >= 11 is 3.19. The first-order chi connectivity index (χ1) is 10.6. The van der Waals surface area contributed by atoms with Crippen molar-refractivity contribution in [3.05, 3.63) is 76.9 Å². The van der Waals surface area contributed by atoms with E-state index in [2.05, 4.69) is 21.2 Å². The molecule has 0 aliphatic rings. The smallest absolute Gasteiger partial charge is 0.287 e. The molecule has 0 radical (unpaired) electrons. The Morgan fingerprint density at radius 2 is 1.82 bits per heavy atom. The molecule has 1 atom stereocenters. The number of rotatable bonds is 4. The Morgan fingerprint density at radius 1 is 1.14 bits per heavy atom. The van der Waals surface area contributed by atoms with Crippen molar-refractivity contribution in [2.75, 3.05) is 0 Å². The molecular formula is C17H15BrN2O2. The second kappa shape index (κ2) is 6.23. The fourth-order valence-corrected chi connectivity index (χ4v) is 2.54. The predicted octanol–water partition coefficient (Wildman–Crippen LogP) is 4.32. The molecule has 0 aliphatic carbocycles. The predicted molar refractivity (Wildman–Crippen MR) is 88.1 cm³/mol. The molecule has 2 heterocycles. The molecule has 0 bridgehead atoms. The summed E-state index contributed by atoms with van der Waals surface area (Å²) in [4.78, 5) is 12.1. The Morgan fingerprint density at radius 3 is 2.41 bits per heavy atom. The highest BCUT2D eigenvalue weighted by Gasteiger charge is 2.14. The molecule has 0 unspecified atom stereocenters. The minimum Gasteiger partial charge on any atom is -0.444 e. The monoisotopic (exact) mass is 358 g/mol. The molecule has 1 N–H and O–H groups in total. The van der Waals surface area contributed by atoms with Crippen molar-refractivity contribution in [2.24, 2.45) is 0 Å². The summed E-state index contributed by atoms with van der Waals surface area (Å²) < 4.78 is 7.83. The van der Waals surface area contributed by atoms with E-state index in [9.17, 15) is 4.79 Å². The van der Waals surface area contributed by atoms with Gasteiger partial charge >= 0.3 is 0 Å². The molecule has 0 saturated heterocycles. The van der Waals surface area contributed by atoms with Gasteiger partial charge in [-0.25, -0.2) is 0 Å². The summed E-state index contributed by atoms with van der Waals surface area (Å²) in [5.41, 5.74) is 2.12. The zero-order chi connectivity index (χ0) is 15.5. The number of benzene rings is 1. The van der Waals surface area contributed by atoms with E-state index in [4.69, 9.17) is 4.42 Å². The largest absolute Gasteiger partial charge is 0.444 e. The maximum Gasteiger partial charge on any atom is 0.287 e. The first-order valence-electron chi connectivity index (χ1n) is 6.93. The maximum atomic E-state index is 12.1. The van der Waals surface area contributed by atoms with E-state index >= 15 is 0 Å². The number of amides is 1. The molecule has 22 heavy (non-hydrogen) atoms. The SMILES string of the molecule is C[C@@H](NC(=O)c1ccc(Br)o1)c1ccc(-n2cccc2)cc1. The van der Waals surface area contributed by atoms with Gasteiger partial charge in [-0.05, 0) is 64.8 Å². The second-order valence-corrected chi connectivity index (χ2v) is 5.76. The Hall–Kier alpha value is -2.27. The van der Waals surface area contributed by atoms with Crippen molar-refractivity contribution < 1.29 is 9.21 Å². The van der Waals surface area contributed by atoms with Crippen LogP contribution in [-0.4, -0.2) is 10.5 Å². The highest BCUT2D eigenvalue weighted by molar-refractivity contribution is 9.10. The van der Waals surface area contributed by atoms with E-state index in [0.29, 0.717) is 10.4 Å². The summed E-state index contributed by atoms with van der Waals surface area (Å²) in [6.45, 7) is 1.94. The third kappa shape index (κ3) is 3.14. The number of hydrogen-bond donors (Lipinski definition) is 1. The van der Waals surface area contributed by atoms with Crippen LogP contribution in [0.4, 0.5) is 0 Å². The molecule has 0 saturated carbocycles. The standard InChI is InChI=1S/C17H15BrN2O2/c1-12(19-17(21)15-8-9-16(18)22-15)13-4-6-14(7-5-13)20-10-2-3-11-20/h2-12H,1H3,(H,19,21)/t12-/m1/s1. The molecule has 3 aromatic rings. The lowest BCUT2D eigenvalue weighted by atomic mass is 10.1. The topological polar surface area (TPSA) is 47.2 Å². The highest BCUT2D eigenvalue weighted by Crippen LogP contribution is 2.18. The lowest BCUT2D eigenvalue weighted by Gasteiger charge is -2.14. The Balaban J connectivity index is 1.69. The lowest BCUT2D eigenvalue weighted by molar-refractivity contribution is 0.0910. The summed E-state index contributed by atoms with van der Waals surface area (Å²) in [6.07, 6.45) is 3.99. The molecule has 5 heteroatoms. The number of furan rings is 1. The summed E-state index contributed by atoms with van der Waals surface area (Å²) in [7, 11) is 0. The van der Waals surface area contributed by atoms with Gasteiger partial charge in [-0.15, -0.1) is 0 Å². The zero-order valence-electron chi connectivity index (χ0n) is 12.0. The summed E-state index contributed by atoms with van der Waals surface area (Å²) in [5.74, 6) is 0.0652. The van der Waals surface area contributed by atoms with Crippen LogP contribution < -0.4 is 5.32 Å². The summed E-state index contributed by atoms with van der Waals surface area (Å²) in [5, 5.41) is 2.92. The van der Waals surface area contributed by atoms with Gasteiger partial charge in [-0.3, -0.25) is 4.79 Å². The first-order valence-corrected chi connectivity index (χ1v) is 7.72. The van der Waals surface area contributed by atoms with Gasteiger partial charge in [0, 0.05) is 18.1 Å². The zero-order valence-corrected chi connectivity index (χ0v) is 13.6. The van der Waals surface area contributed by atoms with Crippen LogP contribution in [0, 0.1) is 0 Å². The molecule has 4 nitrogen and oxygen atoms in total. The molecule has 1 aromatic carbocycles. The molecule has 3 rings (SSSR count). The third-order valence-corrected chi connectivity index (χ3v) is 3.87. The van der Waals surface area contributed by atoms with Crippen LogP contribution in [0.25, 0.3) is 5.69 Å². The molecular weight excluding hydrogens is 344 g/mol. The van der Waals surface area contributed by atoms with Crippen LogP contribution in [0.15, 0.2) is 70.0 Å². The van der Waals surface area contributed by atoms with Gasteiger partial charge in [-0.2, -0.15) is 0 Å². The van der Waals surface area contributed by atoms with Gasteiger partial charge in [0.25, 0.3) is 5.91 Å². The van der Waals surface area contributed by atoms with E-state index in [1.54, 1.807) is 12.1 Å². The van der Waals surface area contributed by atoms with Crippen molar-refractivity contribution in [2.45, 2.75) is 13.0 Å². The van der Waals surface area contributed by atoms with E-state index in [1.165, 1.54) is 0 Å². The van der Waals surface area contributed by atoms with Gasteiger partial charge in [0.15, 0.2) is 10.4 Å². The van der Waals surface area contributed by atoms with E-state index in [1.807, 2.05) is 60.3 Å². The molecule has 2 aromatic heterocycles. The highest BCUT2D eigenvalue weighted by atomic mass is 79.9. The van der Waals surface area contributed by atoms with Crippen LogP contribution in [0.1, 0.15) is 29.1 Å². The molecule has 112 valence electrons. The van der Waals surface area contributed by atoms with Crippen LogP contribution in [-0.2, 0) is 0 Å². The number of carbonyl (C=O) groups excluding carboxylic acids is 1. The Bertz CT molecular complexity index is 760.